The minimum absolute atomic E-state index is 0.0655. The number of rotatable bonds is 9. The molecule has 0 unspecified atom stereocenters. The largest absolute Gasteiger partial charge is 0.391 e. The lowest BCUT2D eigenvalue weighted by molar-refractivity contribution is -0.139. The molecule has 2 rings (SSSR count). The van der Waals surface area contributed by atoms with Gasteiger partial charge in [0.05, 0.1) is 18.0 Å². The molecule has 0 saturated carbocycles. The lowest BCUT2D eigenvalue weighted by Crippen LogP contribution is -2.54. The summed E-state index contributed by atoms with van der Waals surface area (Å²) in [7, 11) is -3.84. The Morgan fingerprint density at radius 3 is 2.66 bits per heavy atom. The number of hydrogen-bond donors (Lipinski definition) is 4. The van der Waals surface area contributed by atoms with E-state index < -0.39 is 27.9 Å². The third-order valence-corrected chi connectivity index (χ3v) is 6.18. The number of likely N-dealkylation sites (tertiary alicyclic amines) is 1. The normalized spacial score (nSPS) is 16.9. The number of oxime groups is 1. The molecule has 1 heterocycles. The number of amides is 2. The molecule has 0 bridgehead atoms. The van der Waals surface area contributed by atoms with E-state index in [2.05, 4.69) is 37.8 Å². The van der Waals surface area contributed by atoms with Gasteiger partial charge in [-0.2, -0.15) is 4.72 Å². The van der Waals surface area contributed by atoms with Gasteiger partial charge in [-0.3, -0.25) is 9.59 Å². The SMILES string of the molecule is NC(N)=NOCCNC(=O)CN1CCC[C@H](NS(=O)(=O)c2ccc(I)cc2)C1=O. The number of carbonyl (C=O) groups is 2. The molecule has 13 heteroatoms. The Morgan fingerprint density at radius 1 is 1.31 bits per heavy atom. The molecule has 0 radical (unpaired) electrons. The maximum Gasteiger partial charge on any atom is 0.241 e. The van der Waals surface area contributed by atoms with E-state index in [4.69, 9.17) is 16.3 Å². The summed E-state index contributed by atoms with van der Waals surface area (Å²) < 4.78 is 28.4. The van der Waals surface area contributed by atoms with Gasteiger partial charge >= 0.3 is 0 Å². The summed E-state index contributed by atoms with van der Waals surface area (Å²) in [5.74, 6) is -1.06. The molecule has 6 N–H and O–H groups in total. The molecule has 0 aliphatic carbocycles. The van der Waals surface area contributed by atoms with E-state index in [0.29, 0.717) is 19.4 Å². The number of nitrogens with two attached hydrogens (primary N) is 2. The van der Waals surface area contributed by atoms with Crippen LogP contribution in [-0.4, -0.2) is 63.4 Å². The predicted octanol–water partition coefficient (Wildman–Crippen LogP) is -1.12. The van der Waals surface area contributed by atoms with E-state index in [1.807, 2.05) is 0 Å². The van der Waals surface area contributed by atoms with Gasteiger partial charge in [-0.15, -0.1) is 0 Å². The molecular formula is C16H23IN6O5S. The van der Waals surface area contributed by atoms with Gasteiger partial charge in [-0.1, -0.05) is 0 Å². The maximum absolute atomic E-state index is 12.6. The topological polar surface area (TPSA) is 169 Å². The maximum atomic E-state index is 12.6. The minimum Gasteiger partial charge on any atom is -0.391 e. The summed E-state index contributed by atoms with van der Waals surface area (Å²) >= 11 is 2.07. The quantitative estimate of drug-likeness (QED) is 0.102. The van der Waals surface area contributed by atoms with Gasteiger partial charge in [0.2, 0.25) is 27.8 Å². The Bertz CT molecular complexity index is 857. The molecule has 0 spiro atoms. The number of nitrogens with zero attached hydrogens (tertiary/aromatic N) is 2. The highest BCUT2D eigenvalue weighted by molar-refractivity contribution is 14.1. The second-order valence-corrected chi connectivity index (χ2v) is 9.19. The highest BCUT2D eigenvalue weighted by Crippen LogP contribution is 2.17. The highest BCUT2D eigenvalue weighted by atomic mass is 127. The van der Waals surface area contributed by atoms with Crippen molar-refractivity contribution >= 4 is 50.4 Å². The molecule has 1 saturated heterocycles. The van der Waals surface area contributed by atoms with E-state index in [-0.39, 0.29) is 30.6 Å². The molecular weight excluding hydrogens is 515 g/mol. The summed E-state index contributed by atoms with van der Waals surface area (Å²) in [5.41, 5.74) is 10.2. The molecule has 1 fully saturated rings. The number of hydrogen-bond acceptors (Lipinski definition) is 6. The first-order valence-corrected chi connectivity index (χ1v) is 11.3. The summed E-state index contributed by atoms with van der Waals surface area (Å²) in [6, 6.07) is 5.39. The predicted molar refractivity (Wildman–Crippen MR) is 114 cm³/mol. The summed E-state index contributed by atoms with van der Waals surface area (Å²) in [4.78, 5) is 30.8. The van der Waals surface area contributed by atoms with Crippen molar-refractivity contribution in [3.8, 4) is 0 Å². The Labute approximate surface area is 182 Å². The van der Waals surface area contributed by atoms with Gasteiger partial charge in [-0.25, -0.2) is 8.42 Å². The van der Waals surface area contributed by atoms with Crippen molar-refractivity contribution in [2.45, 2.75) is 23.8 Å². The molecule has 1 aromatic rings. The number of nitrogens with one attached hydrogen (secondary N) is 2. The van der Waals surface area contributed by atoms with Gasteiger partial charge in [-0.05, 0) is 64.9 Å². The molecule has 2 amide bonds. The van der Waals surface area contributed by atoms with Crippen LogP contribution in [0.2, 0.25) is 0 Å². The van der Waals surface area contributed by atoms with E-state index in [1.54, 1.807) is 12.1 Å². The summed E-state index contributed by atoms with van der Waals surface area (Å²) in [6.45, 7) is 0.415. The average Bonchev–Trinajstić information content (AvgIpc) is 2.64. The fourth-order valence-electron chi connectivity index (χ4n) is 2.66. The number of carbonyl (C=O) groups excluding carboxylic acids is 2. The Balaban J connectivity index is 1.88. The van der Waals surface area contributed by atoms with Crippen LogP contribution in [0.4, 0.5) is 0 Å². The fourth-order valence-corrected chi connectivity index (χ4v) is 4.24. The zero-order valence-electron chi connectivity index (χ0n) is 15.5. The zero-order chi connectivity index (χ0) is 21.4. The molecule has 160 valence electrons. The van der Waals surface area contributed by atoms with Crippen molar-refractivity contribution in [1.29, 1.82) is 0 Å². The number of sulfonamides is 1. The van der Waals surface area contributed by atoms with Crippen LogP contribution in [0.3, 0.4) is 0 Å². The number of halogens is 1. The molecule has 1 atom stereocenters. The van der Waals surface area contributed by atoms with E-state index in [0.717, 1.165) is 3.57 Å². The van der Waals surface area contributed by atoms with Crippen LogP contribution in [-0.2, 0) is 24.4 Å². The number of guanidine groups is 1. The standard InChI is InChI=1S/C16H23IN6O5S/c17-11-3-5-12(6-4-11)29(26,27)22-13-2-1-8-23(15(13)25)10-14(24)20-7-9-28-21-16(18)19/h3-6,13,22H,1-2,7-10H2,(H,20,24)(H4,18,19,21)/t13-/m0/s1. The van der Waals surface area contributed by atoms with Crippen LogP contribution in [0.5, 0.6) is 0 Å². The third-order valence-electron chi connectivity index (χ3n) is 3.97. The van der Waals surface area contributed by atoms with E-state index >= 15 is 0 Å². The van der Waals surface area contributed by atoms with Crippen molar-refractivity contribution in [2.24, 2.45) is 16.6 Å². The molecule has 29 heavy (non-hydrogen) atoms. The Hall–Kier alpha value is -2.13. The lowest BCUT2D eigenvalue weighted by atomic mass is 10.1. The Kier molecular flexibility index (Phi) is 8.45. The smallest absolute Gasteiger partial charge is 0.241 e. The van der Waals surface area contributed by atoms with Crippen LogP contribution in [0.15, 0.2) is 34.3 Å². The summed E-state index contributed by atoms with van der Waals surface area (Å²) in [6.07, 6.45) is 0.944. The van der Waals surface area contributed by atoms with Crippen LogP contribution in [0, 0.1) is 3.57 Å². The van der Waals surface area contributed by atoms with Gasteiger partial charge in [0, 0.05) is 10.1 Å². The number of benzene rings is 1. The molecule has 1 aliphatic rings. The second kappa shape index (κ2) is 10.6. The van der Waals surface area contributed by atoms with Crippen LogP contribution < -0.4 is 21.5 Å². The van der Waals surface area contributed by atoms with E-state index in [1.165, 1.54) is 17.0 Å². The number of piperidine rings is 1. The van der Waals surface area contributed by atoms with Crippen LogP contribution in [0.25, 0.3) is 0 Å². The summed E-state index contributed by atoms with van der Waals surface area (Å²) in [5, 5.41) is 5.88. The first kappa shape index (κ1) is 23.2. The highest BCUT2D eigenvalue weighted by Gasteiger charge is 2.33. The Morgan fingerprint density at radius 2 is 2.00 bits per heavy atom. The van der Waals surface area contributed by atoms with Gasteiger partial charge in [0.1, 0.15) is 12.6 Å². The zero-order valence-corrected chi connectivity index (χ0v) is 18.5. The monoisotopic (exact) mass is 538 g/mol. The minimum atomic E-state index is -3.84. The van der Waals surface area contributed by atoms with Crippen molar-refractivity contribution < 1.29 is 22.8 Å². The first-order valence-electron chi connectivity index (χ1n) is 8.73. The van der Waals surface area contributed by atoms with Gasteiger partial charge < -0.3 is 26.5 Å². The van der Waals surface area contributed by atoms with Crippen molar-refractivity contribution in [3.63, 3.8) is 0 Å². The lowest BCUT2D eigenvalue weighted by Gasteiger charge is -2.32. The molecule has 0 aromatic heterocycles. The van der Waals surface area contributed by atoms with Crippen molar-refractivity contribution in [1.82, 2.24) is 14.9 Å². The first-order chi connectivity index (χ1) is 13.7. The van der Waals surface area contributed by atoms with E-state index in [9.17, 15) is 18.0 Å². The molecule has 1 aromatic carbocycles. The van der Waals surface area contributed by atoms with Crippen LogP contribution in [0.1, 0.15) is 12.8 Å². The van der Waals surface area contributed by atoms with Crippen LogP contribution >= 0.6 is 22.6 Å². The average molecular weight is 538 g/mol. The second-order valence-electron chi connectivity index (χ2n) is 6.23. The van der Waals surface area contributed by atoms with Crippen molar-refractivity contribution in [2.75, 3.05) is 26.2 Å². The van der Waals surface area contributed by atoms with Crippen molar-refractivity contribution in [3.05, 3.63) is 27.8 Å². The van der Waals surface area contributed by atoms with Gasteiger partial charge in [0.15, 0.2) is 0 Å². The fraction of sp³-hybridized carbons (Fsp3) is 0.438. The molecule has 1 aliphatic heterocycles. The van der Waals surface area contributed by atoms with Gasteiger partial charge in [0.25, 0.3) is 0 Å². The third kappa shape index (κ3) is 7.32. The molecule has 11 nitrogen and oxygen atoms in total.